The molecule has 0 saturated heterocycles. The molecule has 26 heavy (non-hydrogen) atoms. The molecule has 5 N–H and O–H groups in total. The van der Waals surface area contributed by atoms with Crippen molar-refractivity contribution in [2.75, 3.05) is 24.4 Å². The molecule has 0 unspecified atom stereocenters. The first-order valence-corrected chi connectivity index (χ1v) is 8.52. The van der Waals surface area contributed by atoms with Crippen LogP contribution < -0.4 is 26.4 Å². The second-order valence-corrected chi connectivity index (χ2v) is 6.32. The van der Waals surface area contributed by atoms with E-state index in [1.165, 1.54) is 14.2 Å². The van der Waals surface area contributed by atoms with Gasteiger partial charge >= 0.3 is 6.09 Å². The van der Waals surface area contributed by atoms with E-state index in [0.29, 0.717) is 17.4 Å². The summed E-state index contributed by atoms with van der Waals surface area (Å²) in [5.74, 6) is 0.987. The van der Waals surface area contributed by atoms with Crippen LogP contribution in [-0.4, -0.2) is 37.9 Å². The number of guanidine groups is 2. The molecule has 1 saturated carbocycles. The Morgan fingerprint density at radius 3 is 2.62 bits per heavy atom. The maximum absolute atomic E-state index is 11.5. The molecule has 2 aliphatic rings. The van der Waals surface area contributed by atoms with Gasteiger partial charge in [-0.25, -0.2) is 9.79 Å². The van der Waals surface area contributed by atoms with Gasteiger partial charge in [-0.2, -0.15) is 4.99 Å². The van der Waals surface area contributed by atoms with Gasteiger partial charge in [0.25, 0.3) is 0 Å². The molecule has 1 spiro atoms. The summed E-state index contributed by atoms with van der Waals surface area (Å²) in [7, 11) is 2.83. The van der Waals surface area contributed by atoms with Crippen molar-refractivity contribution < 1.29 is 14.3 Å². The Kier molecular flexibility index (Phi) is 4.88. The van der Waals surface area contributed by atoms with Crippen molar-refractivity contribution >= 4 is 29.4 Å². The third kappa shape index (κ3) is 3.24. The number of anilines is 2. The molecule has 0 bridgehead atoms. The number of nitrogens with zero attached hydrogens (tertiary/aromatic N) is 3. The van der Waals surface area contributed by atoms with Gasteiger partial charge in [0.05, 0.1) is 25.6 Å². The van der Waals surface area contributed by atoms with Crippen molar-refractivity contribution in [1.29, 1.82) is 0 Å². The third-order valence-corrected chi connectivity index (χ3v) is 4.72. The molecular weight excluding hydrogens is 336 g/mol. The molecule has 0 aromatic heterocycles. The highest BCUT2D eigenvalue weighted by Crippen LogP contribution is 2.41. The smallest absolute Gasteiger partial charge is 0.411 e. The van der Waals surface area contributed by atoms with E-state index < -0.39 is 11.8 Å². The monoisotopic (exact) mass is 360 g/mol. The number of nitrogens with one attached hydrogen (secondary N) is 1. The highest BCUT2D eigenvalue weighted by molar-refractivity contribution is 6.06. The van der Waals surface area contributed by atoms with Gasteiger partial charge in [0.2, 0.25) is 11.9 Å². The van der Waals surface area contributed by atoms with Crippen LogP contribution in [0.2, 0.25) is 0 Å². The SMILES string of the molecule is COC(=O)Nc1ccc(N2C(N)=NC(N)=NC23CCCCC3)cc1OC. The van der Waals surface area contributed by atoms with Gasteiger partial charge in [-0.05, 0) is 37.8 Å². The van der Waals surface area contributed by atoms with Gasteiger partial charge in [-0.1, -0.05) is 6.42 Å². The number of carbonyl (C=O) groups is 1. The Morgan fingerprint density at radius 1 is 1.23 bits per heavy atom. The lowest BCUT2D eigenvalue weighted by Crippen LogP contribution is -2.58. The molecule has 1 aromatic rings. The van der Waals surface area contributed by atoms with Crippen LogP contribution >= 0.6 is 0 Å². The number of rotatable bonds is 3. The van der Waals surface area contributed by atoms with Crippen LogP contribution in [0, 0.1) is 0 Å². The van der Waals surface area contributed by atoms with E-state index in [0.717, 1.165) is 37.8 Å². The van der Waals surface area contributed by atoms with Gasteiger partial charge < -0.3 is 20.9 Å². The summed E-state index contributed by atoms with van der Waals surface area (Å²) in [5, 5.41) is 2.62. The van der Waals surface area contributed by atoms with E-state index >= 15 is 0 Å². The van der Waals surface area contributed by atoms with Crippen molar-refractivity contribution in [3.05, 3.63) is 18.2 Å². The summed E-state index contributed by atoms with van der Waals surface area (Å²) in [4.78, 5) is 22.2. The zero-order valence-electron chi connectivity index (χ0n) is 15.0. The first-order chi connectivity index (χ1) is 12.5. The fourth-order valence-electron chi connectivity index (χ4n) is 3.58. The van der Waals surface area contributed by atoms with Crippen LogP contribution in [0.1, 0.15) is 32.1 Å². The van der Waals surface area contributed by atoms with Crippen LogP contribution in [0.25, 0.3) is 0 Å². The number of methoxy groups -OCH3 is 2. The predicted octanol–water partition coefficient (Wildman–Crippen LogP) is 1.98. The summed E-state index contributed by atoms with van der Waals surface area (Å²) < 4.78 is 10.0. The maximum Gasteiger partial charge on any atom is 0.411 e. The zero-order chi connectivity index (χ0) is 18.7. The van der Waals surface area contributed by atoms with E-state index in [1.54, 1.807) is 12.1 Å². The van der Waals surface area contributed by atoms with Crippen LogP contribution in [0.4, 0.5) is 16.2 Å². The molecule has 1 amide bonds. The van der Waals surface area contributed by atoms with Gasteiger partial charge in [0, 0.05) is 6.07 Å². The van der Waals surface area contributed by atoms with Crippen molar-refractivity contribution in [2.24, 2.45) is 21.5 Å². The molecule has 0 radical (unpaired) electrons. The Bertz CT molecular complexity index is 755. The molecule has 140 valence electrons. The predicted molar refractivity (Wildman–Crippen MR) is 101 cm³/mol. The second-order valence-electron chi connectivity index (χ2n) is 6.32. The van der Waals surface area contributed by atoms with E-state index in [9.17, 15) is 4.79 Å². The second kappa shape index (κ2) is 7.11. The van der Waals surface area contributed by atoms with Gasteiger partial charge in [-0.15, -0.1) is 0 Å². The fourth-order valence-corrected chi connectivity index (χ4v) is 3.58. The fraction of sp³-hybridized carbons (Fsp3) is 0.471. The largest absolute Gasteiger partial charge is 0.494 e. The van der Waals surface area contributed by atoms with E-state index in [2.05, 4.69) is 20.0 Å². The number of carbonyl (C=O) groups excluding carboxylic acids is 1. The Hall–Kier alpha value is -2.97. The summed E-state index contributed by atoms with van der Waals surface area (Å²) in [6.45, 7) is 0. The molecule has 1 aliphatic heterocycles. The lowest BCUT2D eigenvalue weighted by molar-refractivity contribution is 0.187. The van der Waals surface area contributed by atoms with Gasteiger partial charge in [0.15, 0.2) is 0 Å². The first kappa shape index (κ1) is 17.8. The maximum atomic E-state index is 11.5. The minimum atomic E-state index is -0.573. The molecule has 1 aromatic carbocycles. The van der Waals surface area contributed by atoms with Gasteiger partial charge in [-0.3, -0.25) is 10.2 Å². The highest BCUT2D eigenvalue weighted by atomic mass is 16.5. The topological polar surface area (TPSA) is 128 Å². The molecule has 9 heteroatoms. The number of benzene rings is 1. The summed E-state index contributed by atoms with van der Waals surface area (Å²) in [5.41, 5.74) is 12.9. The number of hydrogen-bond acceptors (Lipinski definition) is 8. The number of amides is 1. The van der Waals surface area contributed by atoms with E-state index in [-0.39, 0.29) is 5.96 Å². The van der Waals surface area contributed by atoms with Crippen molar-refractivity contribution in [2.45, 2.75) is 37.8 Å². The average molecular weight is 360 g/mol. The molecule has 3 rings (SSSR count). The van der Waals surface area contributed by atoms with Crippen LogP contribution in [-0.2, 0) is 4.74 Å². The van der Waals surface area contributed by atoms with Crippen molar-refractivity contribution in [1.82, 2.24) is 0 Å². The van der Waals surface area contributed by atoms with Crippen LogP contribution in [0.3, 0.4) is 0 Å². The molecule has 9 nitrogen and oxygen atoms in total. The van der Waals surface area contributed by atoms with Gasteiger partial charge in [0.1, 0.15) is 11.4 Å². The Morgan fingerprint density at radius 2 is 1.96 bits per heavy atom. The summed E-state index contributed by atoms with van der Waals surface area (Å²) in [6.07, 6.45) is 4.35. The number of nitrogens with two attached hydrogens (primary N) is 2. The minimum absolute atomic E-state index is 0.205. The molecular formula is C17H24N6O3. The summed E-state index contributed by atoms with van der Waals surface area (Å²) >= 11 is 0. The van der Waals surface area contributed by atoms with Crippen LogP contribution in [0.5, 0.6) is 5.75 Å². The average Bonchev–Trinajstić information content (AvgIpc) is 2.62. The molecule has 1 aliphatic carbocycles. The lowest BCUT2D eigenvalue weighted by Gasteiger charge is -2.45. The third-order valence-electron chi connectivity index (χ3n) is 4.72. The van der Waals surface area contributed by atoms with E-state index in [1.807, 2.05) is 11.0 Å². The highest BCUT2D eigenvalue weighted by Gasteiger charge is 2.42. The normalized spacial score (nSPS) is 18.8. The lowest BCUT2D eigenvalue weighted by atomic mass is 9.87. The van der Waals surface area contributed by atoms with Crippen molar-refractivity contribution in [3.8, 4) is 5.75 Å². The minimum Gasteiger partial charge on any atom is -0.494 e. The van der Waals surface area contributed by atoms with Crippen molar-refractivity contribution in [3.63, 3.8) is 0 Å². The Labute approximate surface area is 152 Å². The molecule has 1 heterocycles. The zero-order valence-corrected chi connectivity index (χ0v) is 15.0. The van der Waals surface area contributed by atoms with E-state index in [4.69, 9.17) is 16.2 Å². The number of hydrogen-bond donors (Lipinski definition) is 3. The summed E-state index contributed by atoms with van der Waals surface area (Å²) in [6, 6.07) is 5.36. The van der Waals surface area contributed by atoms with Crippen LogP contribution in [0.15, 0.2) is 28.2 Å². The number of ether oxygens (including phenoxy) is 2. The quantitative estimate of drug-likeness (QED) is 0.756. The molecule has 0 atom stereocenters. The first-order valence-electron chi connectivity index (χ1n) is 8.52. The number of aliphatic imine (C=N–C) groups is 2. The Balaban J connectivity index is 2.00. The molecule has 1 fully saturated rings. The standard InChI is InChI=1S/C17H24N6O3/c1-25-13-10-11(6-7-12(13)20-16(24)26-2)23-15(19)21-14(18)22-17(23)8-4-3-5-9-17/h6-7,10H,3-5,8-9H2,1-2H3,(H,20,24)(H4,18,19,21,22).